The van der Waals surface area contributed by atoms with E-state index in [0.29, 0.717) is 6.42 Å². The Morgan fingerprint density at radius 2 is 2.21 bits per heavy atom. The highest BCUT2D eigenvalue weighted by molar-refractivity contribution is 5.27. The lowest BCUT2D eigenvalue weighted by atomic mass is 9.99. The van der Waals surface area contributed by atoms with Crippen molar-refractivity contribution in [1.82, 2.24) is 15.2 Å². The van der Waals surface area contributed by atoms with Crippen LogP contribution in [0.1, 0.15) is 29.7 Å². The van der Waals surface area contributed by atoms with Gasteiger partial charge in [-0.25, -0.2) is 4.39 Å². The van der Waals surface area contributed by atoms with E-state index in [1.807, 2.05) is 37.0 Å². The summed E-state index contributed by atoms with van der Waals surface area (Å²) in [5.41, 5.74) is 5.56. The van der Waals surface area contributed by atoms with E-state index >= 15 is 0 Å². The van der Waals surface area contributed by atoms with E-state index in [2.05, 4.69) is 10.5 Å². The van der Waals surface area contributed by atoms with Gasteiger partial charge in [0.05, 0.1) is 12.2 Å². The largest absolute Gasteiger partial charge is 0.273 e. The minimum atomic E-state index is -0.237. The molecule has 1 unspecified atom stereocenters. The van der Waals surface area contributed by atoms with Crippen LogP contribution in [0, 0.1) is 12.7 Å². The maximum absolute atomic E-state index is 13.4. The van der Waals surface area contributed by atoms with Gasteiger partial charge in [0.2, 0.25) is 0 Å². The molecule has 0 aliphatic heterocycles. The van der Waals surface area contributed by atoms with Gasteiger partial charge in [0.25, 0.3) is 0 Å². The second-order valence-corrected chi connectivity index (χ2v) is 4.69. The minimum Gasteiger partial charge on any atom is -0.273 e. The molecule has 1 atom stereocenters. The third-order valence-electron chi connectivity index (χ3n) is 3.12. The van der Waals surface area contributed by atoms with Gasteiger partial charge in [-0.05, 0) is 49.1 Å². The van der Waals surface area contributed by atoms with Crippen molar-refractivity contribution in [1.29, 1.82) is 0 Å². The van der Waals surface area contributed by atoms with Crippen molar-refractivity contribution in [3.8, 4) is 0 Å². The quantitative estimate of drug-likeness (QED) is 0.641. The molecule has 0 aliphatic carbocycles. The Bertz CT molecular complexity index is 530. The SMILES string of the molecule is CCn1cc(CC(NN)c2cc(C)cc(F)c2)cn1. The summed E-state index contributed by atoms with van der Waals surface area (Å²) in [6.07, 6.45) is 4.48. The molecule has 19 heavy (non-hydrogen) atoms. The molecule has 0 fully saturated rings. The first-order valence-electron chi connectivity index (χ1n) is 6.37. The Kier molecular flexibility index (Phi) is 4.29. The second kappa shape index (κ2) is 5.95. The Labute approximate surface area is 112 Å². The van der Waals surface area contributed by atoms with Crippen LogP contribution in [0.4, 0.5) is 4.39 Å². The van der Waals surface area contributed by atoms with Crippen LogP contribution in [-0.4, -0.2) is 9.78 Å². The minimum absolute atomic E-state index is 0.121. The fourth-order valence-electron chi connectivity index (χ4n) is 2.16. The number of nitrogens with zero attached hydrogens (tertiary/aromatic N) is 2. The standard InChI is InChI=1S/C14H19FN4/c1-3-19-9-11(8-17-19)6-14(18-16)12-4-10(2)5-13(15)7-12/h4-5,7-9,14,18H,3,6,16H2,1-2H3. The summed E-state index contributed by atoms with van der Waals surface area (Å²) in [4.78, 5) is 0. The number of aryl methyl sites for hydroxylation is 2. The Morgan fingerprint density at radius 3 is 2.79 bits per heavy atom. The molecule has 0 saturated heterocycles. The van der Waals surface area contributed by atoms with Crippen molar-refractivity contribution < 1.29 is 4.39 Å². The predicted molar refractivity (Wildman–Crippen MR) is 72.8 cm³/mol. The van der Waals surface area contributed by atoms with Crippen molar-refractivity contribution in [2.24, 2.45) is 5.84 Å². The smallest absolute Gasteiger partial charge is 0.123 e. The molecule has 0 amide bonds. The molecule has 0 aliphatic rings. The first-order valence-corrected chi connectivity index (χ1v) is 6.37. The maximum Gasteiger partial charge on any atom is 0.123 e. The molecule has 1 aromatic heterocycles. The number of rotatable bonds is 5. The van der Waals surface area contributed by atoms with E-state index in [9.17, 15) is 4.39 Å². The van der Waals surface area contributed by atoms with Crippen LogP contribution in [0.2, 0.25) is 0 Å². The summed E-state index contributed by atoms with van der Waals surface area (Å²) in [6, 6.07) is 4.84. The number of aromatic nitrogens is 2. The molecule has 2 rings (SSSR count). The van der Waals surface area contributed by atoms with Crippen LogP contribution >= 0.6 is 0 Å². The average Bonchev–Trinajstić information content (AvgIpc) is 2.82. The fourth-order valence-corrected chi connectivity index (χ4v) is 2.16. The summed E-state index contributed by atoms with van der Waals surface area (Å²) < 4.78 is 15.3. The van der Waals surface area contributed by atoms with Crippen molar-refractivity contribution in [2.45, 2.75) is 32.9 Å². The Balaban J connectivity index is 2.19. The van der Waals surface area contributed by atoms with E-state index in [0.717, 1.165) is 23.2 Å². The highest BCUT2D eigenvalue weighted by Crippen LogP contribution is 2.20. The molecule has 5 heteroatoms. The van der Waals surface area contributed by atoms with Crippen LogP contribution in [0.25, 0.3) is 0 Å². The molecular weight excluding hydrogens is 243 g/mol. The molecule has 0 spiro atoms. The van der Waals surface area contributed by atoms with E-state index < -0.39 is 0 Å². The fraction of sp³-hybridized carbons (Fsp3) is 0.357. The van der Waals surface area contributed by atoms with E-state index in [-0.39, 0.29) is 11.9 Å². The van der Waals surface area contributed by atoms with E-state index in [1.165, 1.54) is 12.1 Å². The average molecular weight is 262 g/mol. The van der Waals surface area contributed by atoms with Crippen molar-refractivity contribution in [3.05, 3.63) is 53.1 Å². The molecule has 2 aromatic rings. The van der Waals surface area contributed by atoms with E-state index in [4.69, 9.17) is 5.84 Å². The van der Waals surface area contributed by atoms with Gasteiger partial charge in [0, 0.05) is 12.7 Å². The number of halogens is 1. The van der Waals surface area contributed by atoms with Gasteiger partial charge in [-0.15, -0.1) is 0 Å². The summed E-state index contributed by atoms with van der Waals surface area (Å²) >= 11 is 0. The monoisotopic (exact) mass is 262 g/mol. The first-order chi connectivity index (χ1) is 9.12. The van der Waals surface area contributed by atoms with Crippen LogP contribution in [0.3, 0.4) is 0 Å². The zero-order valence-electron chi connectivity index (χ0n) is 11.2. The lowest BCUT2D eigenvalue weighted by molar-refractivity contribution is 0.543. The zero-order chi connectivity index (χ0) is 13.8. The van der Waals surface area contributed by atoms with Gasteiger partial charge in [-0.2, -0.15) is 5.10 Å². The Morgan fingerprint density at radius 1 is 1.42 bits per heavy atom. The van der Waals surface area contributed by atoms with Crippen LogP contribution < -0.4 is 11.3 Å². The summed E-state index contributed by atoms with van der Waals surface area (Å²) in [5, 5.41) is 4.22. The van der Waals surface area contributed by atoms with Gasteiger partial charge in [0.1, 0.15) is 5.82 Å². The molecule has 4 nitrogen and oxygen atoms in total. The molecule has 1 aromatic carbocycles. The van der Waals surface area contributed by atoms with E-state index in [1.54, 1.807) is 0 Å². The molecule has 0 saturated carbocycles. The van der Waals surface area contributed by atoms with Gasteiger partial charge in [0.15, 0.2) is 0 Å². The third kappa shape index (κ3) is 3.39. The number of nitrogens with one attached hydrogen (secondary N) is 1. The lowest BCUT2D eigenvalue weighted by Crippen LogP contribution is -2.29. The molecule has 1 heterocycles. The highest BCUT2D eigenvalue weighted by atomic mass is 19.1. The molecule has 102 valence electrons. The van der Waals surface area contributed by atoms with Crippen LogP contribution in [-0.2, 0) is 13.0 Å². The maximum atomic E-state index is 13.4. The number of hydrogen-bond acceptors (Lipinski definition) is 3. The third-order valence-corrected chi connectivity index (χ3v) is 3.12. The van der Waals surface area contributed by atoms with Crippen LogP contribution in [0.15, 0.2) is 30.6 Å². The summed E-state index contributed by atoms with van der Waals surface area (Å²) in [7, 11) is 0. The summed E-state index contributed by atoms with van der Waals surface area (Å²) in [5.74, 6) is 5.36. The van der Waals surface area contributed by atoms with Crippen molar-refractivity contribution in [2.75, 3.05) is 0 Å². The second-order valence-electron chi connectivity index (χ2n) is 4.69. The topological polar surface area (TPSA) is 55.9 Å². The summed E-state index contributed by atoms with van der Waals surface area (Å²) in [6.45, 7) is 4.74. The van der Waals surface area contributed by atoms with Gasteiger partial charge in [-0.1, -0.05) is 6.07 Å². The molecule has 0 bridgehead atoms. The lowest BCUT2D eigenvalue weighted by Gasteiger charge is -2.16. The number of nitrogens with two attached hydrogens (primary N) is 1. The molecule has 0 radical (unpaired) electrons. The predicted octanol–water partition coefficient (Wildman–Crippen LogP) is 2.10. The molecule has 3 N–H and O–H groups in total. The van der Waals surface area contributed by atoms with Gasteiger partial charge < -0.3 is 0 Å². The highest BCUT2D eigenvalue weighted by Gasteiger charge is 2.13. The van der Waals surface area contributed by atoms with Crippen molar-refractivity contribution in [3.63, 3.8) is 0 Å². The van der Waals surface area contributed by atoms with Gasteiger partial charge in [-0.3, -0.25) is 16.0 Å². The van der Waals surface area contributed by atoms with Crippen LogP contribution in [0.5, 0.6) is 0 Å². The zero-order valence-corrected chi connectivity index (χ0v) is 11.2. The Hall–Kier alpha value is -1.72. The number of benzene rings is 1. The number of hydrazine groups is 1. The normalized spacial score (nSPS) is 12.6. The van der Waals surface area contributed by atoms with Gasteiger partial charge >= 0.3 is 0 Å². The first kappa shape index (κ1) is 13.7. The van der Waals surface area contributed by atoms with Crippen molar-refractivity contribution >= 4 is 0 Å². The molecular formula is C14H19FN4. The number of hydrogen-bond donors (Lipinski definition) is 2.